The Bertz CT molecular complexity index is 820. The number of aryl methyl sites for hydroxylation is 1. The van der Waals surface area contributed by atoms with E-state index in [2.05, 4.69) is 82.8 Å². The van der Waals surface area contributed by atoms with Gasteiger partial charge in [-0.25, -0.2) is 0 Å². The molecule has 2 nitrogen and oxygen atoms in total. The summed E-state index contributed by atoms with van der Waals surface area (Å²) in [6.07, 6.45) is 2.23. The van der Waals surface area contributed by atoms with Gasteiger partial charge in [-0.3, -0.25) is 0 Å². The van der Waals surface area contributed by atoms with Crippen molar-refractivity contribution in [1.82, 2.24) is 5.32 Å². The number of nitrogens with one attached hydrogen (secondary N) is 1. The van der Waals surface area contributed by atoms with E-state index in [9.17, 15) is 0 Å². The number of hydrogen-bond donors (Lipinski definition) is 1. The Morgan fingerprint density at radius 3 is 2.19 bits per heavy atom. The first-order valence-electron chi connectivity index (χ1n) is 9.43. The van der Waals surface area contributed by atoms with Gasteiger partial charge in [-0.1, -0.05) is 66.7 Å². The van der Waals surface area contributed by atoms with Crippen LogP contribution in [-0.2, 0) is 19.6 Å². The molecule has 3 aromatic rings. The lowest BCUT2D eigenvalue weighted by atomic mass is 10.1. The average Bonchev–Trinajstić information content (AvgIpc) is 2.71. The predicted molar refractivity (Wildman–Crippen MR) is 116 cm³/mol. The van der Waals surface area contributed by atoms with Crippen molar-refractivity contribution in [2.24, 2.45) is 0 Å². The summed E-state index contributed by atoms with van der Waals surface area (Å²) in [6.45, 7) is 3.68. The quantitative estimate of drug-likeness (QED) is 0.446. The second kappa shape index (κ2) is 10.3. The van der Waals surface area contributed by atoms with Crippen molar-refractivity contribution in [3.63, 3.8) is 0 Å². The zero-order valence-electron chi connectivity index (χ0n) is 15.7. The lowest BCUT2D eigenvalue weighted by molar-refractivity contribution is 0.304. The Labute approximate surface area is 170 Å². The molecule has 1 atom stereocenters. The van der Waals surface area contributed by atoms with Crippen molar-refractivity contribution in [3.05, 3.63) is 100 Å². The van der Waals surface area contributed by atoms with E-state index in [0.29, 0.717) is 12.6 Å². The normalized spacial score (nSPS) is 11.9. The van der Waals surface area contributed by atoms with Gasteiger partial charge >= 0.3 is 0 Å². The van der Waals surface area contributed by atoms with E-state index in [1.165, 1.54) is 16.7 Å². The number of ether oxygens (including phenoxy) is 1. The Balaban J connectivity index is 1.45. The Hall–Kier alpha value is -2.10. The van der Waals surface area contributed by atoms with E-state index < -0.39 is 0 Å². The molecule has 0 saturated carbocycles. The van der Waals surface area contributed by atoms with E-state index in [4.69, 9.17) is 4.74 Å². The van der Waals surface area contributed by atoms with E-state index in [1.807, 2.05) is 24.3 Å². The van der Waals surface area contributed by atoms with Gasteiger partial charge in [0.2, 0.25) is 0 Å². The molecule has 0 aliphatic carbocycles. The average molecular weight is 424 g/mol. The maximum atomic E-state index is 5.92. The zero-order valence-corrected chi connectivity index (χ0v) is 17.3. The minimum Gasteiger partial charge on any atom is -0.488 e. The maximum Gasteiger partial charge on any atom is 0.134 e. The summed E-state index contributed by atoms with van der Waals surface area (Å²) in [6, 6.07) is 27.7. The van der Waals surface area contributed by atoms with E-state index in [-0.39, 0.29) is 0 Å². The van der Waals surface area contributed by atoms with Crippen LogP contribution in [-0.4, -0.2) is 6.04 Å². The Morgan fingerprint density at radius 1 is 0.852 bits per heavy atom. The molecule has 0 unspecified atom stereocenters. The molecule has 3 heteroatoms. The minimum absolute atomic E-state index is 0.470. The molecule has 0 fully saturated rings. The first kappa shape index (κ1) is 19.7. The number of halogens is 1. The SMILES string of the molecule is C[C@@H](CCc1ccccc1)NCc1ccc(OCc2ccccc2)c(Br)c1. The Morgan fingerprint density at radius 2 is 1.52 bits per heavy atom. The van der Waals surface area contributed by atoms with Gasteiger partial charge in [0.25, 0.3) is 0 Å². The van der Waals surface area contributed by atoms with Crippen molar-refractivity contribution >= 4 is 15.9 Å². The molecule has 140 valence electrons. The largest absolute Gasteiger partial charge is 0.488 e. The molecule has 1 N–H and O–H groups in total. The fraction of sp³-hybridized carbons (Fsp3) is 0.250. The zero-order chi connectivity index (χ0) is 18.9. The minimum atomic E-state index is 0.470. The van der Waals surface area contributed by atoms with Gasteiger partial charge in [-0.05, 0) is 64.5 Å². The summed E-state index contributed by atoms with van der Waals surface area (Å²) < 4.78 is 6.92. The summed E-state index contributed by atoms with van der Waals surface area (Å²) in [5.41, 5.74) is 3.82. The smallest absolute Gasteiger partial charge is 0.134 e. The van der Waals surface area contributed by atoms with Crippen LogP contribution in [0.3, 0.4) is 0 Å². The topological polar surface area (TPSA) is 21.3 Å². The van der Waals surface area contributed by atoms with Crippen LogP contribution >= 0.6 is 15.9 Å². The molecule has 0 saturated heterocycles. The van der Waals surface area contributed by atoms with Gasteiger partial charge in [-0.2, -0.15) is 0 Å². The fourth-order valence-electron chi connectivity index (χ4n) is 2.93. The molecule has 0 radical (unpaired) electrons. The summed E-state index contributed by atoms with van der Waals surface area (Å²) in [7, 11) is 0. The van der Waals surface area contributed by atoms with Crippen molar-refractivity contribution in [3.8, 4) is 5.75 Å². The number of rotatable bonds is 9. The van der Waals surface area contributed by atoms with Crippen LogP contribution in [0.2, 0.25) is 0 Å². The highest BCUT2D eigenvalue weighted by atomic mass is 79.9. The van der Waals surface area contributed by atoms with Crippen molar-refractivity contribution in [2.45, 2.75) is 39.0 Å². The first-order valence-corrected chi connectivity index (χ1v) is 10.2. The van der Waals surface area contributed by atoms with Gasteiger partial charge in [-0.15, -0.1) is 0 Å². The molecule has 3 aromatic carbocycles. The predicted octanol–water partition coefficient (Wildman–Crippen LogP) is 6.14. The highest BCUT2D eigenvalue weighted by molar-refractivity contribution is 9.10. The molecule has 3 rings (SSSR count). The standard InChI is InChI=1S/C24H26BrNO/c1-19(12-13-20-8-4-2-5-9-20)26-17-22-14-15-24(23(25)16-22)27-18-21-10-6-3-7-11-21/h2-11,14-16,19,26H,12-13,17-18H2,1H3/t19-/m0/s1. The highest BCUT2D eigenvalue weighted by Crippen LogP contribution is 2.27. The molecule has 0 spiro atoms. The summed E-state index contributed by atoms with van der Waals surface area (Å²) >= 11 is 3.64. The number of benzene rings is 3. The third-order valence-electron chi connectivity index (χ3n) is 4.60. The highest BCUT2D eigenvalue weighted by Gasteiger charge is 2.06. The van der Waals surface area contributed by atoms with E-state index in [1.54, 1.807) is 0 Å². The van der Waals surface area contributed by atoms with E-state index in [0.717, 1.165) is 29.6 Å². The monoisotopic (exact) mass is 423 g/mol. The lowest BCUT2D eigenvalue weighted by Crippen LogP contribution is -2.25. The fourth-order valence-corrected chi connectivity index (χ4v) is 3.47. The molecule has 0 aromatic heterocycles. The lowest BCUT2D eigenvalue weighted by Gasteiger charge is -2.15. The van der Waals surface area contributed by atoms with E-state index >= 15 is 0 Å². The molecule has 27 heavy (non-hydrogen) atoms. The summed E-state index contributed by atoms with van der Waals surface area (Å²) in [5.74, 6) is 0.875. The molecular weight excluding hydrogens is 398 g/mol. The second-order valence-corrected chi connectivity index (χ2v) is 7.70. The second-order valence-electron chi connectivity index (χ2n) is 6.85. The van der Waals surface area contributed by atoms with Crippen LogP contribution in [0.5, 0.6) is 5.75 Å². The van der Waals surface area contributed by atoms with Gasteiger partial charge in [0, 0.05) is 12.6 Å². The van der Waals surface area contributed by atoms with Gasteiger partial charge in [0.15, 0.2) is 0 Å². The van der Waals surface area contributed by atoms with Crippen LogP contribution in [0, 0.1) is 0 Å². The van der Waals surface area contributed by atoms with Crippen LogP contribution in [0.25, 0.3) is 0 Å². The molecule has 0 aliphatic rings. The van der Waals surface area contributed by atoms with Crippen molar-refractivity contribution in [2.75, 3.05) is 0 Å². The Kier molecular flexibility index (Phi) is 7.49. The van der Waals surface area contributed by atoms with Crippen LogP contribution in [0.4, 0.5) is 0 Å². The molecule has 0 aliphatic heterocycles. The van der Waals surface area contributed by atoms with Gasteiger partial charge < -0.3 is 10.1 Å². The van der Waals surface area contributed by atoms with Gasteiger partial charge in [0.05, 0.1) is 4.47 Å². The van der Waals surface area contributed by atoms with Crippen molar-refractivity contribution < 1.29 is 4.74 Å². The van der Waals surface area contributed by atoms with Gasteiger partial charge in [0.1, 0.15) is 12.4 Å². The molecular formula is C24H26BrNO. The number of hydrogen-bond acceptors (Lipinski definition) is 2. The van der Waals surface area contributed by atoms with Crippen LogP contribution in [0.15, 0.2) is 83.3 Å². The van der Waals surface area contributed by atoms with Crippen molar-refractivity contribution in [1.29, 1.82) is 0 Å². The summed E-state index contributed by atoms with van der Waals surface area (Å²) in [5, 5.41) is 3.61. The van der Waals surface area contributed by atoms with Crippen LogP contribution in [0.1, 0.15) is 30.0 Å². The molecule has 0 amide bonds. The third-order valence-corrected chi connectivity index (χ3v) is 5.22. The molecule has 0 heterocycles. The third kappa shape index (κ3) is 6.53. The first-order chi connectivity index (χ1) is 13.2. The summed E-state index contributed by atoms with van der Waals surface area (Å²) in [4.78, 5) is 0. The molecule has 0 bridgehead atoms. The maximum absolute atomic E-state index is 5.92. The van der Waals surface area contributed by atoms with Crippen LogP contribution < -0.4 is 10.1 Å².